The maximum Gasteiger partial charge on any atom is 0.315 e. The fraction of sp³-hybridized carbons (Fsp3) is 1.00. The first kappa shape index (κ1) is 22.7. The summed E-state index contributed by atoms with van der Waals surface area (Å²) in [7, 11) is -7.76. The summed E-state index contributed by atoms with van der Waals surface area (Å²) in [6.07, 6.45) is 1.30. The van der Waals surface area contributed by atoms with E-state index in [0.717, 1.165) is 25.7 Å². The average Bonchev–Trinajstić information content (AvgIpc) is 3.04. The highest BCUT2D eigenvalue weighted by molar-refractivity contribution is 6.89. The second-order valence-corrected chi connectivity index (χ2v) is 25.7. The number of epoxide rings is 1. The van der Waals surface area contributed by atoms with Gasteiger partial charge in [0.1, 0.15) is 6.10 Å². The minimum atomic E-state index is -2.27. The summed E-state index contributed by atoms with van der Waals surface area (Å²) < 4.78 is 30.4. The maximum absolute atomic E-state index is 6.64. The Labute approximate surface area is 153 Å². The van der Waals surface area contributed by atoms with Crippen LogP contribution >= 0.6 is 0 Å². The summed E-state index contributed by atoms with van der Waals surface area (Å²) in [6, 6.07) is 0.953. The van der Waals surface area contributed by atoms with E-state index in [0.29, 0.717) is 12.7 Å². The lowest BCUT2D eigenvalue weighted by atomic mass is 10.5. The summed E-state index contributed by atoms with van der Waals surface area (Å²) in [5.41, 5.74) is 0. The molecule has 1 heterocycles. The Kier molecular flexibility index (Phi) is 8.11. The van der Waals surface area contributed by atoms with Gasteiger partial charge in [0, 0.05) is 6.61 Å². The molecule has 0 aliphatic carbocycles. The summed E-state index contributed by atoms with van der Waals surface area (Å²) in [4.78, 5) is 0. The molecule has 0 radical (unpaired) electrons. The molecule has 0 saturated carbocycles. The Balaban J connectivity index is 2.58. The van der Waals surface area contributed by atoms with E-state index < -0.39 is 33.8 Å². The van der Waals surface area contributed by atoms with Crippen molar-refractivity contribution < 1.29 is 21.8 Å². The quantitative estimate of drug-likeness (QED) is 0.273. The highest BCUT2D eigenvalue weighted by atomic mass is 28.5. The SMILES string of the molecule is C[Si](C)(C)O[Si](C)(C)O[Si](C)(CCCOCC1CO1)O[Si](C)(C)C. The van der Waals surface area contributed by atoms with Crippen molar-refractivity contribution >= 4 is 33.8 Å². The van der Waals surface area contributed by atoms with Crippen LogP contribution in [0.4, 0.5) is 0 Å². The van der Waals surface area contributed by atoms with E-state index >= 15 is 0 Å². The molecule has 144 valence electrons. The van der Waals surface area contributed by atoms with Crippen LogP contribution in [0.1, 0.15) is 6.42 Å². The molecule has 1 fully saturated rings. The number of hydrogen-bond acceptors (Lipinski definition) is 5. The highest BCUT2D eigenvalue weighted by Crippen LogP contribution is 2.27. The fourth-order valence-corrected chi connectivity index (χ4v) is 20.8. The van der Waals surface area contributed by atoms with E-state index in [-0.39, 0.29) is 0 Å². The summed E-state index contributed by atoms with van der Waals surface area (Å²) in [5, 5.41) is 0. The van der Waals surface area contributed by atoms with Gasteiger partial charge < -0.3 is 21.8 Å². The van der Waals surface area contributed by atoms with Crippen LogP contribution in [0.2, 0.25) is 65.0 Å². The van der Waals surface area contributed by atoms with Crippen LogP contribution < -0.4 is 0 Å². The maximum atomic E-state index is 6.64. The lowest BCUT2D eigenvalue weighted by molar-refractivity contribution is 0.115. The molecule has 0 aromatic heterocycles. The van der Waals surface area contributed by atoms with Crippen molar-refractivity contribution in [2.45, 2.75) is 77.5 Å². The zero-order valence-electron chi connectivity index (χ0n) is 17.2. The molecule has 0 spiro atoms. The van der Waals surface area contributed by atoms with E-state index in [1.165, 1.54) is 0 Å². The van der Waals surface area contributed by atoms with Crippen LogP contribution in [-0.4, -0.2) is 59.7 Å². The van der Waals surface area contributed by atoms with Crippen molar-refractivity contribution in [1.29, 1.82) is 0 Å². The second kappa shape index (κ2) is 8.57. The van der Waals surface area contributed by atoms with Gasteiger partial charge in [0.05, 0.1) is 13.2 Å². The lowest BCUT2D eigenvalue weighted by Crippen LogP contribution is -2.56. The van der Waals surface area contributed by atoms with Crippen LogP contribution in [0, 0.1) is 0 Å². The molecule has 0 aromatic carbocycles. The monoisotopic (exact) mass is 410 g/mol. The molecule has 1 aliphatic rings. The molecular weight excluding hydrogens is 373 g/mol. The average molecular weight is 411 g/mol. The molecule has 0 bridgehead atoms. The van der Waals surface area contributed by atoms with Gasteiger partial charge in [-0.05, 0) is 71.4 Å². The van der Waals surface area contributed by atoms with Crippen LogP contribution in [-0.2, 0) is 21.8 Å². The summed E-state index contributed by atoms with van der Waals surface area (Å²) >= 11 is 0. The zero-order valence-corrected chi connectivity index (χ0v) is 21.2. The molecule has 9 heteroatoms. The number of rotatable bonds is 12. The van der Waals surface area contributed by atoms with Crippen molar-refractivity contribution in [3.63, 3.8) is 0 Å². The van der Waals surface area contributed by atoms with Gasteiger partial charge in [0.2, 0.25) is 0 Å². The minimum Gasteiger partial charge on any atom is -0.437 e. The first-order valence-corrected chi connectivity index (χ1v) is 21.2. The molecule has 1 saturated heterocycles. The molecule has 2 atom stereocenters. The molecule has 24 heavy (non-hydrogen) atoms. The molecule has 0 aromatic rings. The first-order chi connectivity index (χ1) is 10.7. The second-order valence-electron chi connectivity index (χ2n) is 9.20. The third kappa shape index (κ3) is 11.3. The van der Waals surface area contributed by atoms with Gasteiger partial charge in [0.15, 0.2) is 16.6 Å². The molecule has 1 rings (SSSR count). The van der Waals surface area contributed by atoms with Crippen molar-refractivity contribution in [2.75, 3.05) is 19.8 Å². The molecule has 0 amide bonds. The van der Waals surface area contributed by atoms with Crippen LogP contribution in [0.15, 0.2) is 0 Å². The standard InChI is InChI=1S/C15H38O5Si4/c1-21(2,3)18-23(7,8)20-24(9,19-22(4,5)6)12-10-11-16-13-15-14-17-15/h15H,10-14H2,1-9H3. The largest absolute Gasteiger partial charge is 0.437 e. The summed E-state index contributed by atoms with van der Waals surface area (Å²) in [5.74, 6) is 0. The molecule has 0 N–H and O–H groups in total. The van der Waals surface area contributed by atoms with Gasteiger partial charge in [0.25, 0.3) is 0 Å². The topological polar surface area (TPSA) is 49.5 Å². The van der Waals surface area contributed by atoms with Crippen molar-refractivity contribution in [3.8, 4) is 0 Å². The third-order valence-electron chi connectivity index (χ3n) is 3.16. The van der Waals surface area contributed by atoms with Gasteiger partial charge in [-0.2, -0.15) is 0 Å². The van der Waals surface area contributed by atoms with Crippen LogP contribution in [0.5, 0.6) is 0 Å². The van der Waals surface area contributed by atoms with E-state index in [9.17, 15) is 0 Å². The fourth-order valence-electron chi connectivity index (χ4n) is 2.92. The van der Waals surface area contributed by atoms with E-state index in [2.05, 4.69) is 58.9 Å². The van der Waals surface area contributed by atoms with Crippen LogP contribution in [0.25, 0.3) is 0 Å². The normalized spacial score (nSPS) is 21.6. The van der Waals surface area contributed by atoms with E-state index in [1.807, 2.05) is 0 Å². The minimum absolute atomic E-state index is 0.333. The Bertz CT molecular complexity index is 390. The molecular formula is C15H38O5Si4. The predicted octanol–water partition coefficient (Wildman–Crippen LogP) is 4.29. The van der Waals surface area contributed by atoms with Gasteiger partial charge in [-0.1, -0.05) is 0 Å². The highest BCUT2D eigenvalue weighted by Gasteiger charge is 2.44. The smallest absolute Gasteiger partial charge is 0.315 e. The Hall–Kier alpha value is 0.668. The Morgan fingerprint density at radius 3 is 1.83 bits per heavy atom. The van der Waals surface area contributed by atoms with E-state index in [4.69, 9.17) is 21.8 Å². The molecule has 5 nitrogen and oxygen atoms in total. The van der Waals surface area contributed by atoms with Crippen molar-refractivity contribution in [1.82, 2.24) is 0 Å². The van der Waals surface area contributed by atoms with Gasteiger partial charge in [-0.15, -0.1) is 0 Å². The van der Waals surface area contributed by atoms with Gasteiger partial charge in [-0.25, -0.2) is 0 Å². The first-order valence-electron chi connectivity index (χ1n) is 9.00. The number of hydrogen-bond donors (Lipinski definition) is 0. The Morgan fingerprint density at radius 2 is 1.38 bits per heavy atom. The van der Waals surface area contributed by atoms with E-state index in [1.54, 1.807) is 0 Å². The molecule has 1 aliphatic heterocycles. The molecule has 2 unspecified atom stereocenters. The number of ether oxygens (including phenoxy) is 2. The van der Waals surface area contributed by atoms with Crippen molar-refractivity contribution in [3.05, 3.63) is 0 Å². The van der Waals surface area contributed by atoms with Gasteiger partial charge >= 0.3 is 17.1 Å². The Morgan fingerprint density at radius 1 is 0.833 bits per heavy atom. The third-order valence-corrected chi connectivity index (χ3v) is 16.7. The predicted molar refractivity (Wildman–Crippen MR) is 109 cm³/mol. The lowest BCUT2D eigenvalue weighted by Gasteiger charge is -2.41. The zero-order chi connectivity index (χ0) is 18.6. The summed E-state index contributed by atoms with van der Waals surface area (Å²) in [6.45, 7) is 22.2. The van der Waals surface area contributed by atoms with Crippen LogP contribution in [0.3, 0.4) is 0 Å². The van der Waals surface area contributed by atoms with Gasteiger partial charge in [-0.3, -0.25) is 0 Å². The van der Waals surface area contributed by atoms with Crippen molar-refractivity contribution in [2.24, 2.45) is 0 Å².